The van der Waals surface area contributed by atoms with E-state index in [1.165, 1.54) is 51.4 Å². The number of ether oxygens (including phenoxy) is 1. The van der Waals surface area contributed by atoms with Gasteiger partial charge in [-0.25, -0.2) is 0 Å². The maximum atomic E-state index is 12.4. The Morgan fingerprint density at radius 1 is 1.13 bits per heavy atom. The smallest absolute Gasteiger partial charge is 0.306 e. The van der Waals surface area contributed by atoms with Crippen LogP contribution in [0, 0.1) is 52.8 Å². The molecule has 0 aromatic rings. The van der Waals surface area contributed by atoms with Crippen molar-refractivity contribution in [3.05, 3.63) is 11.6 Å². The summed E-state index contributed by atoms with van der Waals surface area (Å²) in [4.78, 5) is 12.4. The first-order chi connectivity index (χ1) is 14.6. The van der Waals surface area contributed by atoms with Gasteiger partial charge in [0.1, 0.15) is 5.60 Å². The molecule has 1 heterocycles. The Labute approximate surface area is 179 Å². The van der Waals surface area contributed by atoms with Crippen LogP contribution in [0.15, 0.2) is 16.8 Å². The molecule has 9 atom stereocenters. The maximum absolute atomic E-state index is 12.4. The number of oxime groups is 1. The predicted molar refractivity (Wildman–Crippen MR) is 113 cm³/mol. The van der Waals surface area contributed by atoms with Crippen molar-refractivity contribution in [2.75, 3.05) is 0 Å². The number of carbonyl (C=O) groups is 1. The lowest BCUT2D eigenvalue weighted by atomic mass is 9.45. The fourth-order valence-electron chi connectivity index (χ4n) is 10.2. The number of esters is 1. The van der Waals surface area contributed by atoms with Crippen molar-refractivity contribution in [2.24, 2.45) is 57.9 Å². The van der Waals surface area contributed by atoms with Gasteiger partial charge < -0.3 is 9.94 Å². The molecule has 5 saturated carbocycles. The Morgan fingerprint density at radius 3 is 2.70 bits per heavy atom. The van der Waals surface area contributed by atoms with Crippen molar-refractivity contribution in [1.29, 1.82) is 0 Å². The molecule has 0 aromatic carbocycles. The van der Waals surface area contributed by atoms with Crippen LogP contribution < -0.4 is 0 Å². The number of allylic oxidation sites excluding steroid dienone is 2. The lowest BCUT2D eigenvalue weighted by Gasteiger charge is -2.60. The third kappa shape index (κ3) is 2.09. The summed E-state index contributed by atoms with van der Waals surface area (Å²) in [5.74, 6) is 6.36. The lowest BCUT2D eigenvalue weighted by Crippen LogP contribution is -2.58. The van der Waals surface area contributed by atoms with Gasteiger partial charge >= 0.3 is 5.97 Å². The molecule has 3 unspecified atom stereocenters. The Hall–Kier alpha value is -1.32. The van der Waals surface area contributed by atoms with Crippen molar-refractivity contribution >= 4 is 11.7 Å². The number of fused-ring (bicyclic) bond motifs is 9. The molecule has 1 N–H and O–H groups in total. The number of nitrogens with zero attached hydrogens (tertiary/aromatic N) is 1. The zero-order valence-corrected chi connectivity index (χ0v) is 18.2. The summed E-state index contributed by atoms with van der Waals surface area (Å²) in [5.41, 5.74) is 2.62. The van der Waals surface area contributed by atoms with Crippen LogP contribution in [0.4, 0.5) is 0 Å². The summed E-state index contributed by atoms with van der Waals surface area (Å²) in [6, 6.07) is 0. The summed E-state index contributed by atoms with van der Waals surface area (Å²) in [5, 5.41) is 12.9. The molecular weight excluding hydrogens is 374 g/mol. The topological polar surface area (TPSA) is 58.9 Å². The molecule has 0 aromatic heterocycles. The van der Waals surface area contributed by atoms with E-state index >= 15 is 0 Å². The minimum atomic E-state index is -0.118. The van der Waals surface area contributed by atoms with Gasteiger partial charge in [-0.2, -0.15) is 0 Å². The van der Waals surface area contributed by atoms with E-state index in [4.69, 9.17) is 4.74 Å². The van der Waals surface area contributed by atoms with E-state index < -0.39 is 0 Å². The van der Waals surface area contributed by atoms with Gasteiger partial charge in [0.05, 0.1) is 5.71 Å². The second-order valence-electron chi connectivity index (χ2n) is 11.8. The standard InChI is InChI=1S/C26H35NO3/c1-2-25-9-7-18-17-6-5-16(27-29)11-15(17)12-19(14-3-4-14)23(18)24(25)20-13-21(20)26(25)10-8-22(28)30-26/h11,14,17-21,23-24,29H,2-10,12-13H2,1H3/b27-16+/t17-,18?,19-,20-,21+,23?,24?,25-,26-/m0/s1. The Balaban J connectivity index is 1.32. The Kier molecular flexibility index (Phi) is 3.61. The summed E-state index contributed by atoms with van der Waals surface area (Å²) in [6.07, 6.45) is 15.1. The highest BCUT2D eigenvalue weighted by Crippen LogP contribution is 2.80. The average Bonchev–Trinajstić information content (AvgIpc) is 3.69. The van der Waals surface area contributed by atoms with E-state index in [9.17, 15) is 10.0 Å². The molecule has 7 rings (SSSR count). The van der Waals surface area contributed by atoms with Crippen LogP contribution in [0.25, 0.3) is 0 Å². The van der Waals surface area contributed by atoms with Crippen LogP contribution >= 0.6 is 0 Å². The van der Waals surface area contributed by atoms with Crippen LogP contribution in [0.1, 0.15) is 77.6 Å². The molecule has 7 aliphatic rings. The fourth-order valence-corrected chi connectivity index (χ4v) is 10.2. The number of rotatable bonds is 2. The van der Waals surface area contributed by atoms with Gasteiger partial charge in [0.25, 0.3) is 0 Å². The molecule has 4 heteroatoms. The molecule has 162 valence electrons. The van der Waals surface area contributed by atoms with E-state index in [0.29, 0.717) is 18.3 Å². The Morgan fingerprint density at radius 2 is 2.00 bits per heavy atom. The van der Waals surface area contributed by atoms with Crippen molar-refractivity contribution in [1.82, 2.24) is 0 Å². The van der Waals surface area contributed by atoms with Crippen molar-refractivity contribution in [3.8, 4) is 0 Å². The monoisotopic (exact) mass is 409 g/mol. The van der Waals surface area contributed by atoms with E-state index in [0.717, 1.165) is 54.1 Å². The van der Waals surface area contributed by atoms with Gasteiger partial charge in [0, 0.05) is 17.8 Å². The average molecular weight is 410 g/mol. The molecule has 1 saturated heterocycles. The van der Waals surface area contributed by atoms with Gasteiger partial charge in [0.15, 0.2) is 0 Å². The minimum Gasteiger partial charge on any atom is -0.458 e. The molecule has 6 fully saturated rings. The summed E-state index contributed by atoms with van der Waals surface area (Å²) in [6.45, 7) is 2.40. The second-order valence-corrected chi connectivity index (χ2v) is 11.8. The molecule has 0 radical (unpaired) electrons. The van der Waals surface area contributed by atoms with Crippen LogP contribution in [0.5, 0.6) is 0 Å². The zero-order valence-electron chi connectivity index (χ0n) is 18.2. The second kappa shape index (κ2) is 5.92. The quantitative estimate of drug-likeness (QED) is 0.380. The molecular formula is C26H35NO3. The van der Waals surface area contributed by atoms with Gasteiger partial charge in [-0.3, -0.25) is 4.79 Å². The summed E-state index contributed by atoms with van der Waals surface area (Å²) >= 11 is 0. The minimum absolute atomic E-state index is 0.0759. The highest BCUT2D eigenvalue weighted by atomic mass is 16.6. The number of hydrogen-bond acceptors (Lipinski definition) is 4. The first-order valence-corrected chi connectivity index (χ1v) is 12.7. The Bertz CT molecular complexity index is 858. The summed E-state index contributed by atoms with van der Waals surface area (Å²) < 4.78 is 6.36. The first kappa shape index (κ1) is 18.3. The third-order valence-electron chi connectivity index (χ3n) is 11.2. The third-order valence-corrected chi connectivity index (χ3v) is 11.2. The molecule has 6 aliphatic carbocycles. The molecule has 0 amide bonds. The number of hydrogen-bond donors (Lipinski definition) is 1. The van der Waals surface area contributed by atoms with Crippen LogP contribution in [0.3, 0.4) is 0 Å². The zero-order chi connectivity index (χ0) is 20.3. The molecule has 30 heavy (non-hydrogen) atoms. The molecule has 0 bridgehead atoms. The van der Waals surface area contributed by atoms with Gasteiger partial charge in [-0.05, 0) is 112 Å². The molecule has 1 spiro atoms. The highest BCUT2D eigenvalue weighted by Gasteiger charge is 2.80. The van der Waals surface area contributed by atoms with E-state index in [-0.39, 0.29) is 17.0 Å². The van der Waals surface area contributed by atoms with Crippen LogP contribution in [-0.2, 0) is 9.53 Å². The fraction of sp³-hybridized carbons (Fsp3) is 0.846. The maximum Gasteiger partial charge on any atom is 0.306 e. The van der Waals surface area contributed by atoms with E-state index in [2.05, 4.69) is 18.2 Å². The van der Waals surface area contributed by atoms with Gasteiger partial charge in [-0.1, -0.05) is 17.7 Å². The van der Waals surface area contributed by atoms with Crippen molar-refractivity contribution in [3.63, 3.8) is 0 Å². The van der Waals surface area contributed by atoms with Crippen molar-refractivity contribution in [2.45, 2.75) is 83.2 Å². The van der Waals surface area contributed by atoms with Gasteiger partial charge in [0.2, 0.25) is 0 Å². The highest BCUT2D eigenvalue weighted by molar-refractivity contribution is 5.96. The first-order valence-electron chi connectivity index (χ1n) is 12.7. The summed E-state index contributed by atoms with van der Waals surface area (Å²) in [7, 11) is 0. The normalized spacial score (nSPS) is 54.8. The van der Waals surface area contributed by atoms with E-state index in [1.807, 2.05) is 0 Å². The predicted octanol–water partition coefficient (Wildman–Crippen LogP) is 5.35. The lowest BCUT2D eigenvalue weighted by molar-refractivity contribution is -0.183. The van der Waals surface area contributed by atoms with Crippen LogP contribution in [-0.4, -0.2) is 22.5 Å². The van der Waals surface area contributed by atoms with Crippen LogP contribution in [0.2, 0.25) is 0 Å². The van der Waals surface area contributed by atoms with Gasteiger partial charge in [-0.15, -0.1) is 0 Å². The SMILES string of the molecule is CC[C@]12CCC3C(C1[C@H]1C[C@H]1[C@@]21CCC(=O)O1)[C@H](C1CC1)CC1=C/C(=N/O)CC[C@@H]13. The number of carbonyl (C=O) groups excluding carboxylic acids is 1. The molecule has 1 aliphatic heterocycles. The van der Waals surface area contributed by atoms with E-state index in [1.54, 1.807) is 5.57 Å². The molecule has 4 nitrogen and oxygen atoms in total. The van der Waals surface area contributed by atoms with Crippen molar-refractivity contribution < 1.29 is 14.7 Å². The largest absolute Gasteiger partial charge is 0.458 e.